The molecule has 0 amide bonds. The lowest BCUT2D eigenvalue weighted by molar-refractivity contribution is 0.548. The van der Waals surface area contributed by atoms with Crippen LogP contribution >= 0.6 is 47.8 Å². The number of aromatic nitrogens is 2. The predicted molar refractivity (Wildman–Crippen MR) is 85.8 cm³/mol. The molecule has 19 heavy (non-hydrogen) atoms. The third-order valence-corrected chi connectivity index (χ3v) is 4.99. The Morgan fingerprint density at radius 3 is 2.47 bits per heavy atom. The van der Waals surface area contributed by atoms with Gasteiger partial charge in [-0.1, -0.05) is 13.8 Å². The Bertz CT molecular complexity index is 591. The lowest BCUT2D eigenvalue weighted by atomic mass is 10.1. The topological polar surface area (TPSA) is 64.9 Å². The lowest BCUT2D eigenvalue weighted by Gasteiger charge is -2.09. The van der Waals surface area contributed by atoms with Crippen molar-refractivity contribution in [3.63, 3.8) is 0 Å². The van der Waals surface area contributed by atoms with Gasteiger partial charge in [-0.15, -0.1) is 0 Å². The van der Waals surface area contributed by atoms with Gasteiger partial charge in [0, 0.05) is 6.07 Å². The van der Waals surface area contributed by atoms with Crippen molar-refractivity contribution in [2.24, 2.45) is 5.92 Å². The second kappa shape index (κ2) is 5.93. The summed E-state index contributed by atoms with van der Waals surface area (Å²) in [7, 11) is 0. The third-order valence-electron chi connectivity index (χ3n) is 2.41. The van der Waals surface area contributed by atoms with Crippen LogP contribution in [0.25, 0.3) is 11.6 Å². The van der Waals surface area contributed by atoms with E-state index < -0.39 is 0 Å². The van der Waals surface area contributed by atoms with Gasteiger partial charge in [0.2, 0.25) is 0 Å². The largest absolute Gasteiger partial charge is 0.445 e. The summed E-state index contributed by atoms with van der Waals surface area (Å²) in [5.74, 6) is 1.96. The van der Waals surface area contributed by atoms with Crippen LogP contribution in [0.15, 0.2) is 24.1 Å². The molecule has 0 spiro atoms. The number of halogens is 3. The number of rotatable bonds is 3. The fourth-order valence-electron chi connectivity index (χ4n) is 1.60. The van der Waals surface area contributed by atoms with E-state index in [2.05, 4.69) is 71.6 Å². The van der Waals surface area contributed by atoms with Crippen LogP contribution in [0.3, 0.4) is 0 Å². The van der Waals surface area contributed by atoms with Gasteiger partial charge >= 0.3 is 0 Å². The van der Waals surface area contributed by atoms with Crippen molar-refractivity contribution in [3.8, 4) is 11.6 Å². The number of nitrogen functional groups attached to an aromatic ring is 1. The Kier molecular flexibility index (Phi) is 4.68. The maximum atomic E-state index is 5.92. The van der Waals surface area contributed by atoms with Gasteiger partial charge in [0.25, 0.3) is 0 Å². The van der Waals surface area contributed by atoms with Crippen LogP contribution < -0.4 is 5.73 Å². The molecule has 2 N–H and O–H groups in total. The van der Waals surface area contributed by atoms with Crippen LogP contribution in [-0.2, 0) is 6.42 Å². The van der Waals surface area contributed by atoms with Crippen molar-refractivity contribution in [2.75, 3.05) is 5.73 Å². The molecule has 0 atom stereocenters. The van der Waals surface area contributed by atoms with Gasteiger partial charge in [0.05, 0.1) is 14.6 Å². The SMILES string of the molecule is CC(C)Cc1nc(-c2cc(Br)c(Br)o2)nc(N)c1Br. The average molecular weight is 454 g/mol. The van der Waals surface area contributed by atoms with Crippen molar-refractivity contribution >= 4 is 53.6 Å². The number of nitrogens with two attached hydrogens (primary N) is 1. The fraction of sp³-hybridized carbons (Fsp3) is 0.333. The van der Waals surface area contributed by atoms with Crippen molar-refractivity contribution in [1.29, 1.82) is 0 Å². The van der Waals surface area contributed by atoms with E-state index >= 15 is 0 Å². The molecule has 0 fully saturated rings. The zero-order chi connectivity index (χ0) is 14.2. The molecule has 0 aliphatic heterocycles. The van der Waals surface area contributed by atoms with Crippen LogP contribution in [-0.4, -0.2) is 9.97 Å². The molecular formula is C12H12Br3N3O. The van der Waals surface area contributed by atoms with Crippen molar-refractivity contribution in [1.82, 2.24) is 9.97 Å². The number of furan rings is 1. The molecule has 0 bridgehead atoms. The first-order valence-corrected chi connectivity index (χ1v) is 8.03. The van der Waals surface area contributed by atoms with E-state index in [-0.39, 0.29) is 0 Å². The number of hydrogen-bond acceptors (Lipinski definition) is 4. The molecule has 0 aliphatic carbocycles. The number of hydrogen-bond donors (Lipinski definition) is 1. The first-order valence-electron chi connectivity index (χ1n) is 5.65. The molecule has 0 saturated carbocycles. The van der Waals surface area contributed by atoms with Crippen molar-refractivity contribution < 1.29 is 4.42 Å². The van der Waals surface area contributed by atoms with Gasteiger partial charge in [-0.05, 0) is 60.1 Å². The second-order valence-corrected chi connectivity index (χ2v) is 6.89. The lowest BCUT2D eigenvalue weighted by Crippen LogP contribution is -2.05. The van der Waals surface area contributed by atoms with Crippen molar-refractivity contribution in [3.05, 3.63) is 25.4 Å². The van der Waals surface area contributed by atoms with Crippen LogP contribution in [0, 0.1) is 5.92 Å². The zero-order valence-corrected chi connectivity index (χ0v) is 15.1. The minimum atomic E-state index is 0.421. The van der Waals surface area contributed by atoms with Gasteiger partial charge in [0.1, 0.15) is 5.82 Å². The number of nitrogens with zero attached hydrogens (tertiary/aromatic N) is 2. The van der Waals surface area contributed by atoms with Gasteiger partial charge in [-0.3, -0.25) is 0 Å². The van der Waals surface area contributed by atoms with Crippen LogP contribution in [0.5, 0.6) is 0 Å². The smallest absolute Gasteiger partial charge is 0.198 e. The van der Waals surface area contributed by atoms with E-state index in [4.69, 9.17) is 10.2 Å². The van der Waals surface area contributed by atoms with E-state index in [0.29, 0.717) is 28.0 Å². The van der Waals surface area contributed by atoms with Gasteiger partial charge in [0.15, 0.2) is 16.3 Å². The molecule has 2 heterocycles. The zero-order valence-electron chi connectivity index (χ0n) is 10.4. The highest BCUT2D eigenvalue weighted by atomic mass is 79.9. The van der Waals surface area contributed by atoms with Crippen LogP contribution in [0.1, 0.15) is 19.5 Å². The summed E-state index contributed by atoms with van der Waals surface area (Å²) in [4.78, 5) is 8.77. The highest BCUT2D eigenvalue weighted by molar-refractivity contribution is 9.13. The standard InChI is InChI=1S/C12H12Br3N3O/c1-5(2)3-7-9(14)11(16)18-12(17-7)8-4-6(13)10(15)19-8/h4-5H,3H2,1-2H3,(H2,16,17,18). The molecule has 2 aromatic heterocycles. The van der Waals surface area contributed by atoms with Crippen molar-refractivity contribution in [2.45, 2.75) is 20.3 Å². The fourth-order valence-corrected chi connectivity index (χ4v) is 2.52. The Morgan fingerprint density at radius 1 is 1.26 bits per heavy atom. The van der Waals surface area contributed by atoms with E-state index in [1.54, 1.807) is 0 Å². The predicted octanol–water partition coefficient (Wildman–Crippen LogP) is 4.80. The Labute approximate surface area is 136 Å². The average Bonchev–Trinajstić information content (AvgIpc) is 2.65. The highest BCUT2D eigenvalue weighted by Crippen LogP contribution is 2.33. The van der Waals surface area contributed by atoms with E-state index in [9.17, 15) is 0 Å². The minimum Gasteiger partial charge on any atom is -0.445 e. The van der Waals surface area contributed by atoms with Crippen LogP contribution in [0.2, 0.25) is 0 Å². The summed E-state index contributed by atoms with van der Waals surface area (Å²) in [6, 6.07) is 1.81. The third kappa shape index (κ3) is 3.38. The monoisotopic (exact) mass is 451 g/mol. The molecule has 2 rings (SSSR count). The summed E-state index contributed by atoms with van der Waals surface area (Å²) in [5.41, 5.74) is 6.81. The van der Waals surface area contributed by atoms with Crippen LogP contribution in [0.4, 0.5) is 5.82 Å². The molecule has 0 aliphatic rings. The number of anilines is 1. The first kappa shape index (κ1) is 15.0. The summed E-state index contributed by atoms with van der Waals surface area (Å²) in [5, 5.41) is 0. The Balaban J connectivity index is 2.49. The maximum absolute atomic E-state index is 5.92. The summed E-state index contributed by atoms with van der Waals surface area (Å²) in [6.45, 7) is 4.26. The van der Waals surface area contributed by atoms with E-state index in [0.717, 1.165) is 21.1 Å². The normalized spacial score (nSPS) is 11.3. The molecule has 7 heteroatoms. The molecule has 4 nitrogen and oxygen atoms in total. The molecule has 0 saturated heterocycles. The molecular weight excluding hydrogens is 442 g/mol. The first-order chi connectivity index (χ1) is 8.88. The summed E-state index contributed by atoms with van der Waals surface area (Å²) < 4.78 is 7.71. The van der Waals surface area contributed by atoms with Gasteiger partial charge in [-0.25, -0.2) is 9.97 Å². The quantitative estimate of drug-likeness (QED) is 0.724. The molecule has 0 unspecified atom stereocenters. The second-order valence-electron chi connectivity index (χ2n) is 4.52. The molecule has 0 radical (unpaired) electrons. The maximum Gasteiger partial charge on any atom is 0.198 e. The van der Waals surface area contributed by atoms with E-state index in [1.807, 2.05) is 6.07 Å². The summed E-state index contributed by atoms with van der Waals surface area (Å²) in [6.07, 6.45) is 0.823. The highest BCUT2D eigenvalue weighted by Gasteiger charge is 2.16. The Hall–Kier alpha value is -0.400. The van der Waals surface area contributed by atoms with E-state index in [1.165, 1.54) is 0 Å². The minimum absolute atomic E-state index is 0.421. The summed E-state index contributed by atoms with van der Waals surface area (Å²) >= 11 is 10.1. The van der Waals surface area contributed by atoms with Gasteiger partial charge in [-0.2, -0.15) is 0 Å². The Morgan fingerprint density at radius 2 is 1.95 bits per heavy atom. The molecule has 102 valence electrons. The molecule has 2 aromatic rings. The van der Waals surface area contributed by atoms with Gasteiger partial charge < -0.3 is 10.2 Å². The molecule has 0 aromatic carbocycles.